The molecule has 0 amide bonds. The van der Waals surface area contributed by atoms with E-state index in [2.05, 4.69) is 10.00 Å². The van der Waals surface area contributed by atoms with Gasteiger partial charge in [-0.1, -0.05) is 0 Å². The lowest BCUT2D eigenvalue weighted by atomic mass is 10.3. The maximum absolute atomic E-state index is 11.3. The van der Waals surface area contributed by atoms with Crippen LogP contribution in [-0.2, 0) is 20.1 Å². The summed E-state index contributed by atoms with van der Waals surface area (Å²) in [6, 6.07) is 0. The Morgan fingerprint density at radius 1 is 1.36 bits per heavy atom. The van der Waals surface area contributed by atoms with Crippen molar-refractivity contribution in [2.45, 2.75) is 13.1 Å². The minimum atomic E-state index is 0.115. The number of aryl methyl sites for hydroxylation is 1. The fourth-order valence-electron chi connectivity index (χ4n) is 1.54. The monoisotopic (exact) mass is 153 g/mol. The van der Waals surface area contributed by atoms with Gasteiger partial charge in [0, 0.05) is 20.1 Å². The van der Waals surface area contributed by atoms with Crippen molar-refractivity contribution in [3.63, 3.8) is 0 Å². The van der Waals surface area contributed by atoms with E-state index in [9.17, 15) is 4.79 Å². The molecule has 0 unspecified atom stereocenters. The van der Waals surface area contributed by atoms with Crippen molar-refractivity contribution >= 4 is 0 Å². The van der Waals surface area contributed by atoms with Gasteiger partial charge in [0.15, 0.2) is 0 Å². The molecular weight excluding hydrogens is 142 g/mol. The fourth-order valence-corrected chi connectivity index (χ4v) is 1.54. The number of nitrogens with one attached hydrogen (secondary N) is 1. The average molecular weight is 153 g/mol. The SMILES string of the molecule is CN1Cc2[nH]n(C)c(=O)c2C1. The third-order valence-corrected chi connectivity index (χ3v) is 2.09. The zero-order valence-electron chi connectivity index (χ0n) is 6.72. The van der Waals surface area contributed by atoms with Crippen LogP contribution < -0.4 is 5.56 Å². The molecule has 0 aromatic carbocycles. The van der Waals surface area contributed by atoms with E-state index < -0.39 is 0 Å². The molecule has 0 aliphatic carbocycles. The fraction of sp³-hybridized carbons (Fsp3) is 0.571. The largest absolute Gasteiger partial charge is 0.298 e. The summed E-state index contributed by atoms with van der Waals surface area (Å²) in [4.78, 5) is 13.4. The first-order valence-electron chi connectivity index (χ1n) is 3.64. The molecule has 1 aromatic rings. The first-order valence-corrected chi connectivity index (χ1v) is 3.64. The number of hydrogen-bond acceptors (Lipinski definition) is 2. The topological polar surface area (TPSA) is 41.0 Å². The first-order chi connectivity index (χ1) is 5.18. The summed E-state index contributed by atoms with van der Waals surface area (Å²) in [5, 5.41) is 3.02. The molecule has 60 valence electrons. The molecule has 0 bridgehead atoms. The number of aromatic nitrogens is 2. The Morgan fingerprint density at radius 2 is 2.09 bits per heavy atom. The van der Waals surface area contributed by atoms with Crippen LogP contribution in [0.5, 0.6) is 0 Å². The molecule has 1 aliphatic heterocycles. The van der Waals surface area contributed by atoms with Gasteiger partial charge in [0.25, 0.3) is 5.56 Å². The van der Waals surface area contributed by atoms with E-state index in [4.69, 9.17) is 0 Å². The molecule has 0 spiro atoms. The second-order valence-electron chi connectivity index (χ2n) is 3.11. The van der Waals surface area contributed by atoms with Gasteiger partial charge in [-0.2, -0.15) is 0 Å². The summed E-state index contributed by atoms with van der Waals surface area (Å²) < 4.78 is 1.54. The molecular formula is C7H11N3O. The van der Waals surface area contributed by atoms with Crippen molar-refractivity contribution in [2.24, 2.45) is 7.05 Å². The number of H-pyrrole nitrogens is 1. The Balaban J connectivity index is 2.57. The molecule has 4 nitrogen and oxygen atoms in total. The Kier molecular flexibility index (Phi) is 1.20. The van der Waals surface area contributed by atoms with Gasteiger partial charge in [0.1, 0.15) is 0 Å². The van der Waals surface area contributed by atoms with E-state index in [1.165, 1.54) is 4.68 Å². The number of fused-ring (bicyclic) bond motifs is 1. The highest BCUT2D eigenvalue weighted by Gasteiger charge is 2.21. The van der Waals surface area contributed by atoms with Crippen molar-refractivity contribution in [1.82, 2.24) is 14.7 Å². The zero-order chi connectivity index (χ0) is 8.01. The highest BCUT2D eigenvalue weighted by atomic mass is 16.1. The predicted molar refractivity (Wildman–Crippen MR) is 41.2 cm³/mol. The summed E-state index contributed by atoms with van der Waals surface area (Å²) in [5.74, 6) is 0. The molecule has 1 aliphatic rings. The lowest BCUT2D eigenvalue weighted by molar-refractivity contribution is 0.345. The van der Waals surface area contributed by atoms with E-state index in [1.807, 2.05) is 7.05 Å². The maximum atomic E-state index is 11.3. The lowest BCUT2D eigenvalue weighted by Gasteiger charge is -2.04. The summed E-state index contributed by atoms with van der Waals surface area (Å²) in [7, 11) is 3.76. The smallest absolute Gasteiger partial charge is 0.271 e. The number of rotatable bonds is 0. The molecule has 11 heavy (non-hydrogen) atoms. The van der Waals surface area contributed by atoms with Gasteiger partial charge in [-0.05, 0) is 7.05 Å². The van der Waals surface area contributed by atoms with Crippen LogP contribution in [0.4, 0.5) is 0 Å². The second-order valence-corrected chi connectivity index (χ2v) is 3.11. The number of nitrogens with zero attached hydrogens (tertiary/aromatic N) is 2. The molecule has 0 atom stereocenters. The molecule has 1 aromatic heterocycles. The maximum Gasteiger partial charge on any atom is 0.271 e. The van der Waals surface area contributed by atoms with Crippen molar-refractivity contribution in [3.05, 3.63) is 21.6 Å². The highest BCUT2D eigenvalue weighted by molar-refractivity contribution is 5.20. The van der Waals surface area contributed by atoms with Crippen molar-refractivity contribution in [3.8, 4) is 0 Å². The third kappa shape index (κ3) is 0.826. The number of aromatic amines is 1. The van der Waals surface area contributed by atoms with Crippen molar-refractivity contribution in [1.29, 1.82) is 0 Å². The van der Waals surface area contributed by atoms with E-state index in [0.717, 1.165) is 24.3 Å². The van der Waals surface area contributed by atoms with Gasteiger partial charge in [0.2, 0.25) is 0 Å². The minimum Gasteiger partial charge on any atom is -0.298 e. The zero-order valence-corrected chi connectivity index (χ0v) is 6.72. The van der Waals surface area contributed by atoms with E-state index in [1.54, 1.807) is 7.05 Å². The van der Waals surface area contributed by atoms with Gasteiger partial charge in [-0.25, -0.2) is 0 Å². The van der Waals surface area contributed by atoms with Gasteiger partial charge in [0.05, 0.1) is 11.3 Å². The Hall–Kier alpha value is -1.03. The summed E-state index contributed by atoms with van der Waals surface area (Å²) in [6.45, 7) is 1.65. The van der Waals surface area contributed by atoms with E-state index >= 15 is 0 Å². The third-order valence-electron chi connectivity index (χ3n) is 2.09. The molecule has 4 heteroatoms. The second kappa shape index (κ2) is 1.98. The molecule has 0 radical (unpaired) electrons. The van der Waals surface area contributed by atoms with Crippen LogP contribution in [0.3, 0.4) is 0 Å². The van der Waals surface area contributed by atoms with Crippen molar-refractivity contribution < 1.29 is 0 Å². The predicted octanol–water partition coefficient (Wildman–Crippen LogP) is -0.341. The van der Waals surface area contributed by atoms with Crippen LogP contribution >= 0.6 is 0 Å². The number of hydrogen-bond donors (Lipinski definition) is 1. The Labute approximate surface area is 64.4 Å². The summed E-state index contributed by atoms with van der Waals surface area (Å²) in [6.07, 6.45) is 0. The van der Waals surface area contributed by atoms with Crippen LogP contribution in [0, 0.1) is 0 Å². The molecule has 1 N–H and O–H groups in total. The Morgan fingerprint density at radius 3 is 2.73 bits per heavy atom. The van der Waals surface area contributed by atoms with Gasteiger partial charge < -0.3 is 0 Å². The lowest BCUT2D eigenvalue weighted by Crippen LogP contribution is -2.19. The summed E-state index contributed by atoms with van der Waals surface area (Å²) >= 11 is 0. The highest BCUT2D eigenvalue weighted by Crippen LogP contribution is 2.14. The quantitative estimate of drug-likeness (QED) is 0.554. The van der Waals surface area contributed by atoms with Crippen LogP contribution in [-0.4, -0.2) is 21.7 Å². The van der Waals surface area contributed by atoms with E-state index in [0.29, 0.717) is 0 Å². The molecule has 2 rings (SSSR count). The van der Waals surface area contributed by atoms with Crippen LogP contribution in [0.1, 0.15) is 11.3 Å². The molecule has 0 saturated heterocycles. The van der Waals surface area contributed by atoms with Crippen molar-refractivity contribution in [2.75, 3.05) is 7.05 Å². The van der Waals surface area contributed by atoms with Crippen LogP contribution in [0.25, 0.3) is 0 Å². The van der Waals surface area contributed by atoms with Gasteiger partial charge >= 0.3 is 0 Å². The Bertz CT molecular complexity index is 336. The van der Waals surface area contributed by atoms with Crippen LogP contribution in [0.2, 0.25) is 0 Å². The molecule has 0 saturated carbocycles. The average Bonchev–Trinajstić information content (AvgIpc) is 2.37. The molecule has 2 heterocycles. The van der Waals surface area contributed by atoms with E-state index in [-0.39, 0.29) is 5.56 Å². The van der Waals surface area contributed by atoms with Crippen LogP contribution in [0.15, 0.2) is 4.79 Å². The van der Waals surface area contributed by atoms with Gasteiger partial charge in [-0.15, -0.1) is 0 Å². The standard InChI is InChI=1S/C7H11N3O/c1-9-3-5-6(4-9)8-10(2)7(5)11/h8H,3-4H2,1-2H3. The first kappa shape index (κ1) is 6.67. The summed E-state index contributed by atoms with van der Waals surface area (Å²) in [5.41, 5.74) is 2.11. The minimum absolute atomic E-state index is 0.115. The molecule has 0 fully saturated rings. The normalized spacial score (nSPS) is 17.3. The van der Waals surface area contributed by atoms with Gasteiger partial charge in [-0.3, -0.25) is 19.5 Å².